The highest BCUT2D eigenvalue weighted by molar-refractivity contribution is 9.10. The van der Waals surface area contributed by atoms with E-state index in [9.17, 15) is 9.59 Å². The van der Waals surface area contributed by atoms with E-state index in [1.54, 1.807) is 20.8 Å². The molecular formula is C15H18BrNO4. The lowest BCUT2D eigenvalue weighted by molar-refractivity contribution is -0.120. The lowest BCUT2D eigenvalue weighted by Gasteiger charge is -2.22. The number of hydrogen-bond donors (Lipinski definition) is 1. The Morgan fingerprint density at radius 3 is 2.81 bits per heavy atom. The minimum Gasteiger partial charge on any atom is -0.491 e. The zero-order valence-corrected chi connectivity index (χ0v) is 13.8. The number of benzene rings is 1. The average Bonchev–Trinajstić information content (AvgIpc) is 2.49. The highest BCUT2D eigenvalue weighted by atomic mass is 79.9. The summed E-state index contributed by atoms with van der Waals surface area (Å²) < 4.78 is 11.6. The van der Waals surface area contributed by atoms with Gasteiger partial charge in [0.2, 0.25) is 0 Å². The van der Waals surface area contributed by atoms with Crippen LogP contribution in [0.2, 0.25) is 0 Å². The lowest BCUT2D eigenvalue weighted by atomic mass is 10.1. The third kappa shape index (κ3) is 4.20. The molecular weight excluding hydrogens is 338 g/mol. The summed E-state index contributed by atoms with van der Waals surface area (Å²) in [5.41, 5.74) is 0.195. The molecule has 0 aromatic heterocycles. The van der Waals surface area contributed by atoms with Gasteiger partial charge < -0.3 is 14.8 Å². The molecule has 1 atom stereocenters. The summed E-state index contributed by atoms with van der Waals surface area (Å²) in [7, 11) is 0. The normalized spacial score (nSPS) is 18.3. The summed E-state index contributed by atoms with van der Waals surface area (Å²) in [5.74, 6) is 0.553. The van der Waals surface area contributed by atoms with Gasteiger partial charge in [-0.05, 0) is 32.9 Å². The molecule has 0 unspecified atom stereocenters. The summed E-state index contributed by atoms with van der Waals surface area (Å²) in [6.07, 6.45) is -0.411. The van der Waals surface area contributed by atoms with E-state index in [0.717, 1.165) is 10.0 Å². The number of alkyl carbamates (subject to hydrolysis) is 1. The molecule has 0 spiro atoms. The van der Waals surface area contributed by atoms with Crippen LogP contribution < -0.4 is 10.1 Å². The summed E-state index contributed by atoms with van der Waals surface area (Å²) in [5, 5.41) is 2.57. The molecule has 1 aromatic rings. The third-order valence-corrected chi connectivity index (χ3v) is 3.65. The van der Waals surface area contributed by atoms with Gasteiger partial charge in [0.1, 0.15) is 24.0 Å². The maximum atomic E-state index is 12.3. The first-order chi connectivity index (χ1) is 9.76. The van der Waals surface area contributed by atoms with Gasteiger partial charge in [-0.3, -0.25) is 4.79 Å². The van der Waals surface area contributed by atoms with Crippen LogP contribution in [0.1, 0.15) is 26.3 Å². The van der Waals surface area contributed by atoms with Gasteiger partial charge >= 0.3 is 6.09 Å². The summed E-state index contributed by atoms with van der Waals surface area (Å²) in [6, 6.07) is 4.80. The van der Waals surface area contributed by atoms with Gasteiger partial charge in [0, 0.05) is 16.5 Å². The van der Waals surface area contributed by atoms with Crippen molar-refractivity contribution in [2.75, 3.05) is 6.61 Å². The molecule has 1 amide bonds. The highest BCUT2D eigenvalue weighted by Crippen LogP contribution is 2.29. The number of hydrogen-bond acceptors (Lipinski definition) is 4. The number of ketones is 1. The quantitative estimate of drug-likeness (QED) is 0.841. The van der Waals surface area contributed by atoms with Crippen molar-refractivity contribution in [3.05, 3.63) is 28.2 Å². The number of amides is 1. The SMILES string of the molecule is CC(C)(C)OC(=O)N[C@H]1COc2cccc(Br)c2CC1=O. The molecule has 0 fully saturated rings. The van der Waals surface area contributed by atoms with Crippen LogP contribution in [-0.2, 0) is 16.0 Å². The smallest absolute Gasteiger partial charge is 0.408 e. The second kappa shape index (κ2) is 6.05. The van der Waals surface area contributed by atoms with E-state index in [2.05, 4.69) is 21.2 Å². The Kier molecular flexibility index (Phi) is 4.56. The molecule has 114 valence electrons. The van der Waals surface area contributed by atoms with Crippen LogP contribution >= 0.6 is 15.9 Å². The topological polar surface area (TPSA) is 64.6 Å². The minimum absolute atomic E-state index is 0.0987. The van der Waals surface area contributed by atoms with E-state index >= 15 is 0 Å². The number of nitrogens with one attached hydrogen (secondary N) is 1. The van der Waals surface area contributed by atoms with Crippen molar-refractivity contribution in [3.8, 4) is 5.75 Å². The minimum atomic E-state index is -0.709. The van der Waals surface area contributed by atoms with Gasteiger partial charge in [0.15, 0.2) is 5.78 Å². The van der Waals surface area contributed by atoms with Crippen molar-refractivity contribution in [2.24, 2.45) is 0 Å². The van der Waals surface area contributed by atoms with Gasteiger partial charge in [-0.15, -0.1) is 0 Å². The van der Waals surface area contributed by atoms with Crippen molar-refractivity contribution in [1.29, 1.82) is 0 Å². The van der Waals surface area contributed by atoms with E-state index in [4.69, 9.17) is 9.47 Å². The first-order valence-electron chi connectivity index (χ1n) is 6.69. The standard InChI is InChI=1S/C15H18BrNO4/c1-15(2,3)21-14(19)17-11-8-20-13-6-4-5-10(16)9(13)7-12(11)18/h4-6,11H,7-8H2,1-3H3,(H,17,19)/t11-/m0/s1. The van der Waals surface area contributed by atoms with Gasteiger partial charge in [0.25, 0.3) is 0 Å². The molecule has 1 aliphatic heterocycles. The molecule has 1 heterocycles. The van der Waals surface area contributed by atoms with Gasteiger partial charge in [0.05, 0.1) is 0 Å². The number of carbonyl (C=O) groups is 2. The predicted octanol–water partition coefficient (Wildman–Crippen LogP) is 2.85. The fourth-order valence-electron chi connectivity index (χ4n) is 1.98. The summed E-state index contributed by atoms with van der Waals surface area (Å²) in [4.78, 5) is 24.0. The monoisotopic (exact) mass is 355 g/mol. The Morgan fingerprint density at radius 2 is 2.14 bits per heavy atom. The number of fused-ring (bicyclic) bond motifs is 1. The van der Waals surface area contributed by atoms with Crippen molar-refractivity contribution < 1.29 is 19.1 Å². The number of carbonyl (C=O) groups excluding carboxylic acids is 2. The number of ether oxygens (including phenoxy) is 2. The van der Waals surface area contributed by atoms with Crippen LogP contribution in [0.3, 0.4) is 0 Å². The molecule has 0 saturated heterocycles. The van der Waals surface area contributed by atoms with E-state index in [0.29, 0.717) is 5.75 Å². The molecule has 1 aromatic carbocycles. The summed E-state index contributed by atoms with van der Waals surface area (Å²) >= 11 is 3.41. The second-order valence-electron chi connectivity index (χ2n) is 5.87. The number of halogens is 1. The predicted molar refractivity (Wildman–Crippen MR) is 81.5 cm³/mol. The second-order valence-corrected chi connectivity index (χ2v) is 6.72. The Hall–Kier alpha value is -1.56. The number of Topliss-reactive ketones (excluding diaryl/α,β-unsaturated/α-hetero) is 1. The van der Waals surface area contributed by atoms with E-state index in [1.807, 2.05) is 18.2 Å². The first kappa shape index (κ1) is 15.8. The molecule has 1 aliphatic rings. The van der Waals surface area contributed by atoms with E-state index < -0.39 is 17.7 Å². The van der Waals surface area contributed by atoms with Crippen molar-refractivity contribution in [2.45, 2.75) is 38.8 Å². The highest BCUT2D eigenvalue weighted by Gasteiger charge is 2.29. The fraction of sp³-hybridized carbons (Fsp3) is 0.467. The van der Waals surface area contributed by atoms with Crippen LogP contribution in [0.15, 0.2) is 22.7 Å². The first-order valence-corrected chi connectivity index (χ1v) is 7.48. The van der Waals surface area contributed by atoms with Crippen molar-refractivity contribution in [1.82, 2.24) is 5.32 Å². The van der Waals surface area contributed by atoms with Gasteiger partial charge in [-0.2, -0.15) is 0 Å². The fourth-order valence-corrected chi connectivity index (χ4v) is 2.47. The van der Waals surface area contributed by atoms with Crippen molar-refractivity contribution >= 4 is 27.8 Å². The zero-order chi connectivity index (χ0) is 15.6. The maximum absolute atomic E-state index is 12.3. The molecule has 0 aliphatic carbocycles. The molecule has 0 bridgehead atoms. The number of rotatable bonds is 1. The zero-order valence-electron chi connectivity index (χ0n) is 12.2. The molecule has 5 nitrogen and oxygen atoms in total. The van der Waals surface area contributed by atoms with Crippen LogP contribution in [0.5, 0.6) is 5.75 Å². The van der Waals surface area contributed by atoms with E-state index in [1.165, 1.54) is 0 Å². The Morgan fingerprint density at radius 1 is 1.43 bits per heavy atom. The molecule has 6 heteroatoms. The van der Waals surface area contributed by atoms with Crippen LogP contribution in [0.25, 0.3) is 0 Å². The maximum Gasteiger partial charge on any atom is 0.408 e. The molecule has 1 N–H and O–H groups in total. The molecule has 0 saturated carbocycles. The van der Waals surface area contributed by atoms with Crippen LogP contribution in [0, 0.1) is 0 Å². The molecule has 2 rings (SSSR count). The molecule has 21 heavy (non-hydrogen) atoms. The Balaban J connectivity index is 2.07. The third-order valence-electron chi connectivity index (χ3n) is 2.91. The molecule has 0 radical (unpaired) electrons. The van der Waals surface area contributed by atoms with Gasteiger partial charge in [-0.25, -0.2) is 4.79 Å². The van der Waals surface area contributed by atoms with Crippen molar-refractivity contribution in [3.63, 3.8) is 0 Å². The van der Waals surface area contributed by atoms with E-state index in [-0.39, 0.29) is 18.8 Å². The summed E-state index contributed by atoms with van der Waals surface area (Å²) in [6.45, 7) is 5.41. The lowest BCUT2D eigenvalue weighted by Crippen LogP contribution is -2.46. The Labute approximate surface area is 132 Å². The van der Waals surface area contributed by atoms with Crippen LogP contribution in [0.4, 0.5) is 4.79 Å². The van der Waals surface area contributed by atoms with Crippen LogP contribution in [-0.4, -0.2) is 30.1 Å². The Bertz CT molecular complexity index is 565. The average molecular weight is 356 g/mol. The van der Waals surface area contributed by atoms with Gasteiger partial charge in [-0.1, -0.05) is 22.0 Å². The largest absolute Gasteiger partial charge is 0.491 e.